The Hall–Kier alpha value is -2.65. The van der Waals surface area contributed by atoms with Crippen molar-refractivity contribution in [3.63, 3.8) is 0 Å². The predicted molar refractivity (Wildman–Crippen MR) is 124 cm³/mol. The molecule has 9 heteroatoms. The van der Waals surface area contributed by atoms with Gasteiger partial charge < -0.3 is 14.5 Å². The topological polar surface area (TPSA) is 70.2 Å². The molecule has 1 amide bonds. The Morgan fingerprint density at radius 2 is 1.67 bits per heavy atom. The van der Waals surface area contributed by atoms with Gasteiger partial charge in [-0.1, -0.05) is 18.6 Å². The van der Waals surface area contributed by atoms with E-state index in [2.05, 4.69) is 0 Å². The number of nitrogens with zero attached hydrogens (tertiary/aromatic N) is 3. The molecule has 0 aliphatic carbocycles. The molecule has 0 spiro atoms. The van der Waals surface area contributed by atoms with Crippen molar-refractivity contribution in [3.05, 3.63) is 53.8 Å². The minimum absolute atomic E-state index is 0.126. The molecule has 0 saturated carbocycles. The molecule has 7 nitrogen and oxygen atoms in total. The molecule has 4 rings (SSSR count). The van der Waals surface area contributed by atoms with Gasteiger partial charge in [-0.3, -0.25) is 4.79 Å². The number of aryl methyl sites for hydroxylation is 1. The lowest BCUT2D eigenvalue weighted by atomic mass is 10.2. The van der Waals surface area contributed by atoms with Crippen molar-refractivity contribution in [1.29, 1.82) is 0 Å². The van der Waals surface area contributed by atoms with Crippen LogP contribution >= 0.6 is 0 Å². The number of piperazine rings is 1. The molecular weight excluding hydrogens is 445 g/mol. The van der Waals surface area contributed by atoms with E-state index in [0.29, 0.717) is 56.3 Å². The normalized spacial score (nSPS) is 17.8. The first-order valence-corrected chi connectivity index (χ1v) is 12.8. The van der Waals surface area contributed by atoms with Gasteiger partial charge in [0.25, 0.3) is 5.91 Å². The number of halogens is 1. The van der Waals surface area contributed by atoms with E-state index in [4.69, 9.17) is 4.74 Å². The quantitative estimate of drug-likeness (QED) is 0.642. The van der Waals surface area contributed by atoms with Crippen molar-refractivity contribution in [1.82, 2.24) is 9.21 Å². The Balaban J connectivity index is 1.32. The Morgan fingerprint density at radius 1 is 0.970 bits per heavy atom. The summed E-state index contributed by atoms with van der Waals surface area (Å²) in [5.74, 6) is 0.0837. The molecular formula is C24H30FN3O4S. The first-order valence-electron chi connectivity index (χ1n) is 11.4. The van der Waals surface area contributed by atoms with E-state index in [9.17, 15) is 17.6 Å². The lowest BCUT2D eigenvalue weighted by Gasteiger charge is -2.36. The number of anilines is 1. The third-order valence-electron chi connectivity index (χ3n) is 6.28. The highest BCUT2D eigenvalue weighted by Crippen LogP contribution is 2.26. The molecule has 2 aliphatic rings. The molecule has 2 aromatic carbocycles. The van der Waals surface area contributed by atoms with Crippen LogP contribution in [0.15, 0.2) is 47.4 Å². The maximum atomic E-state index is 14.0. The Morgan fingerprint density at radius 3 is 2.33 bits per heavy atom. The number of sulfonamides is 1. The van der Waals surface area contributed by atoms with Gasteiger partial charge in [0.05, 0.1) is 10.6 Å². The number of carbonyl (C=O) groups excluding carboxylic acids is 1. The van der Waals surface area contributed by atoms with Gasteiger partial charge in [0.2, 0.25) is 10.0 Å². The lowest BCUT2D eigenvalue weighted by molar-refractivity contribution is -0.133. The lowest BCUT2D eigenvalue weighted by Crippen LogP contribution is -2.50. The Kier molecular flexibility index (Phi) is 7.19. The summed E-state index contributed by atoms with van der Waals surface area (Å²) in [6, 6.07) is 11.4. The van der Waals surface area contributed by atoms with Crippen molar-refractivity contribution in [2.45, 2.75) is 31.1 Å². The molecule has 2 fully saturated rings. The fourth-order valence-electron chi connectivity index (χ4n) is 4.33. The number of rotatable bonds is 6. The van der Waals surface area contributed by atoms with Gasteiger partial charge >= 0.3 is 0 Å². The van der Waals surface area contributed by atoms with E-state index in [-0.39, 0.29) is 23.2 Å². The van der Waals surface area contributed by atoms with Crippen LogP contribution in [0.5, 0.6) is 5.75 Å². The van der Waals surface area contributed by atoms with Gasteiger partial charge in [0, 0.05) is 39.3 Å². The van der Waals surface area contributed by atoms with E-state index in [1.807, 2.05) is 4.90 Å². The second-order valence-electron chi connectivity index (χ2n) is 8.50. The minimum Gasteiger partial charge on any atom is -0.483 e. The van der Waals surface area contributed by atoms with Crippen LogP contribution in [0.25, 0.3) is 0 Å². The number of amides is 1. The molecule has 0 unspecified atom stereocenters. The molecule has 33 heavy (non-hydrogen) atoms. The number of para-hydroxylation sites is 1. The van der Waals surface area contributed by atoms with E-state index >= 15 is 0 Å². The predicted octanol–water partition coefficient (Wildman–Crippen LogP) is 3.04. The maximum Gasteiger partial charge on any atom is 0.260 e. The summed E-state index contributed by atoms with van der Waals surface area (Å²) in [7, 11) is -3.51. The summed E-state index contributed by atoms with van der Waals surface area (Å²) in [6.07, 6.45) is 2.83. The average Bonchev–Trinajstić information content (AvgIpc) is 2.84. The average molecular weight is 476 g/mol. The van der Waals surface area contributed by atoms with Gasteiger partial charge in [0.1, 0.15) is 11.6 Å². The summed E-state index contributed by atoms with van der Waals surface area (Å²) in [5, 5.41) is 0. The van der Waals surface area contributed by atoms with E-state index in [1.165, 1.54) is 10.4 Å². The third kappa shape index (κ3) is 5.30. The standard InChI is InChI=1S/C24H30FN3O4S/c1-19-17-20(33(30,31)28-11-5-2-6-12-28)9-10-23(19)32-18-24(29)27-15-13-26(14-16-27)22-8-4-3-7-21(22)25/h3-4,7-10,17H,2,5-6,11-16,18H2,1H3. The first kappa shape index (κ1) is 23.5. The maximum absolute atomic E-state index is 14.0. The summed E-state index contributed by atoms with van der Waals surface area (Å²) in [4.78, 5) is 16.5. The SMILES string of the molecule is Cc1cc(S(=O)(=O)N2CCCCC2)ccc1OCC(=O)N1CCN(c2ccccc2F)CC1. The molecule has 178 valence electrons. The van der Waals surface area contributed by atoms with E-state index in [0.717, 1.165) is 19.3 Å². The zero-order valence-corrected chi connectivity index (χ0v) is 19.7. The number of carbonyl (C=O) groups is 1. The Bertz CT molecular complexity index is 1090. The van der Waals surface area contributed by atoms with Crippen LogP contribution in [0.1, 0.15) is 24.8 Å². The Labute approximate surface area is 194 Å². The molecule has 2 saturated heterocycles. The molecule has 2 aromatic rings. The monoisotopic (exact) mass is 475 g/mol. The third-order valence-corrected chi connectivity index (χ3v) is 8.17. The highest BCUT2D eigenvalue weighted by atomic mass is 32.2. The number of benzene rings is 2. The van der Waals surface area contributed by atoms with Gasteiger partial charge in [0.15, 0.2) is 6.61 Å². The molecule has 0 atom stereocenters. The minimum atomic E-state index is -3.51. The molecule has 0 aromatic heterocycles. The van der Waals surface area contributed by atoms with Crippen LogP contribution in [-0.4, -0.2) is 69.4 Å². The van der Waals surface area contributed by atoms with E-state index < -0.39 is 10.0 Å². The van der Waals surface area contributed by atoms with Gasteiger partial charge in [-0.05, 0) is 55.7 Å². The summed E-state index contributed by atoms with van der Waals surface area (Å²) < 4.78 is 47.0. The number of ether oxygens (including phenoxy) is 1. The van der Waals surface area contributed by atoms with Crippen LogP contribution in [0, 0.1) is 12.7 Å². The first-order chi connectivity index (χ1) is 15.9. The zero-order chi connectivity index (χ0) is 23.4. The fourth-order valence-corrected chi connectivity index (χ4v) is 5.94. The van der Waals surface area contributed by atoms with Crippen LogP contribution in [0.2, 0.25) is 0 Å². The van der Waals surface area contributed by atoms with Crippen molar-refractivity contribution in [2.75, 3.05) is 50.8 Å². The van der Waals surface area contributed by atoms with Crippen LogP contribution < -0.4 is 9.64 Å². The van der Waals surface area contributed by atoms with Crippen LogP contribution in [-0.2, 0) is 14.8 Å². The molecule has 2 heterocycles. The van der Waals surface area contributed by atoms with Crippen molar-refractivity contribution in [3.8, 4) is 5.75 Å². The van der Waals surface area contributed by atoms with Crippen molar-refractivity contribution < 1.29 is 22.3 Å². The zero-order valence-electron chi connectivity index (χ0n) is 18.9. The van der Waals surface area contributed by atoms with Crippen molar-refractivity contribution >= 4 is 21.6 Å². The highest BCUT2D eigenvalue weighted by Gasteiger charge is 2.27. The van der Waals surface area contributed by atoms with Crippen LogP contribution in [0.4, 0.5) is 10.1 Å². The number of hydrogen-bond donors (Lipinski definition) is 0. The highest BCUT2D eigenvalue weighted by molar-refractivity contribution is 7.89. The second kappa shape index (κ2) is 10.1. The second-order valence-corrected chi connectivity index (χ2v) is 10.4. The molecule has 0 radical (unpaired) electrons. The molecule has 0 bridgehead atoms. The number of piperidine rings is 1. The smallest absolute Gasteiger partial charge is 0.260 e. The van der Waals surface area contributed by atoms with Crippen molar-refractivity contribution in [2.24, 2.45) is 0 Å². The van der Waals surface area contributed by atoms with Gasteiger partial charge in [-0.25, -0.2) is 12.8 Å². The largest absolute Gasteiger partial charge is 0.483 e. The van der Waals surface area contributed by atoms with Gasteiger partial charge in [-0.2, -0.15) is 4.31 Å². The summed E-state index contributed by atoms with van der Waals surface area (Å²) >= 11 is 0. The van der Waals surface area contributed by atoms with E-state index in [1.54, 1.807) is 48.2 Å². The van der Waals surface area contributed by atoms with Crippen LogP contribution in [0.3, 0.4) is 0 Å². The van der Waals surface area contributed by atoms with Gasteiger partial charge in [-0.15, -0.1) is 0 Å². The molecule has 0 N–H and O–H groups in total. The summed E-state index contributed by atoms with van der Waals surface area (Å²) in [6.45, 7) is 4.84. The fraction of sp³-hybridized carbons (Fsp3) is 0.458. The summed E-state index contributed by atoms with van der Waals surface area (Å²) in [5.41, 5.74) is 1.22. The molecule has 2 aliphatic heterocycles. The number of hydrogen-bond acceptors (Lipinski definition) is 5.